The fraction of sp³-hybridized carbons (Fsp3) is 0.480. The standard InChI is InChI=1S/C25H30ClN5OS.2ClH/c1-25(9-12-27-13-10-25)8-3-11-28-24-29-15-19(26)22(31-24)21-14-18-17(4-2-5-20(18)33-21)23(32)30-16-6-7-16;;/h2,4-5,14-16,27H,3,6-13H2,1H3,(H,30,32)(H,28,29,31);2*1H. The Bertz CT molecular complexity index is 1160. The van der Waals surface area contributed by atoms with Crippen molar-refractivity contribution in [3.63, 3.8) is 0 Å². The molecule has 190 valence electrons. The molecule has 1 aliphatic heterocycles. The van der Waals surface area contributed by atoms with Gasteiger partial charge in [0.2, 0.25) is 5.95 Å². The highest BCUT2D eigenvalue weighted by atomic mass is 35.5. The molecule has 6 nitrogen and oxygen atoms in total. The van der Waals surface area contributed by atoms with Crippen molar-refractivity contribution >= 4 is 69.7 Å². The molecule has 2 aromatic heterocycles. The summed E-state index contributed by atoms with van der Waals surface area (Å²) in [6.07, 6.45) is 8.55. The van der Waals surface area contributed by atoms with Crippen LogP contribution in [0.5, 0.6) is 0 Å². The van der Waals surface area contributed by atoms with Gasteiger partial charge in [-0.15, -0.1) is 36.2 Å². The number of hydrogen-bond acceptors (Lipinski definition) is 6. The Labute approximate surface area is 227 Å². The first-order valence-corrected chi connectivity index (χ1v) is 13.0. The van der Waals surface area contributed by atoms with Crippen LogP contribution in [0.2, 0.25) is 5.02 Å². The quantitative estimate of drug-likeness (QED) is 0.283. The highest BCUT2D eigenvalue weighted by Gasteiger charge is 2.26. The Hall–Kier alpha value is -1.64. The fourth-order valence-electron chi connectivity index (χ4n) is 4.49. The van der Waals surface area contributed by atoms with Gasteiger partial charge < -0.3 is 16.0 Å². The molecular formula is C25H32Cl3N5OS. The van der Waals surface area contributed by atoms with Crippen molar-refractivity contribution in [2.45, 2.75) is 51.5 Å². The number of aromatic nitrogens is 2. The van der Waals surface area contributed by atoms with Crippen molar-refractivity contribution in [3.05, 3.63) is 41.0 Å². The summed E-state index contributed by atoms with van der Waals surface area (Å²) in [7, 11) is 0. The van der Waals surface area contributed by atoms with Crippen molar-refractivity contribution in [2.24, 2.45) is 5.41 Å². The molecule has 10 heteroatoms. The summed E-state index contributed by atoms with van der Waals surface area (Å²) in [6, 6.07) is 8.20. The van der Waals surface area contributed by atoms with Crippen LogP contribution in [0.1, 0.15) is 55.8 Å². The maximum absolute atomic E-state index is 12.7. The number of benzene rings is 1. The molecule has 1 amide bonds. The molecule has 3 aromatic rings. The second-order valence-electron chi connectivity index (χ2n) is 9.56. The molecule has 3 heterocycles. The van der Waals surface area contributed by atoms with Gasteiger partial charge in [-0.05, 0) is 75.2 Å². The van der Waals surface area contributed by atoms with Crippen molar-refractivity contribution in [3.8, 4) is 10.6 Å². The summed E-state index contributed by atoms with van der Waals surface area (Å²) >= 11 is 8.09. The number of thiophene rings is 1. The van der Waals surface area contributed by atoms with Gasteiger partial charge in [-0.3, -0.25) is 4.79 Å². The summed E-state index contributed by atoms with van der Waals surface area (Å²) in [4.78, 5) is 22.7. The maximum atomic E-state index is 12.7. The van der Waals surface area contributed by atoms with E-state index >= 15 is 0 Å². The lowest BCUT2D eigenvalue weighted by atomic mass is 9.77. The topological polar surface area (TPSA) is 78.9 Å². The molecule has 2 fully saturated rings. The summed E-state index contributed by atoms with van der Waals surface area (Å²) in [6.45, 7) is 5.47. The van der Waals surface area contributed by atoms with Gasteiger partial charge in [0.25, 0.3) is 5.91 Å². The molecule has 35 heavy (non-hydrogen) atoms. The molecule has 0 unspecified atom stereocenters. The lowest BCUT2D eigenvalue weighted by molar-refractivity contribution is 0.0952. The van der Waals surface area contributed by atoms with Crippen molar-refractivity contribution in [2.75, 3.05) is 25.0 Å². The Morgan fingerprint density at radius 2 is 2.03 bits per heavy atom. The first-order valence-electron chi connectivity index (χ1n) is 11.8. The second-order valence-corrected chi connectivity index (χ2v) is 11.0. The van der Waals surface area contributed by atoms with E-state index in [2.05, 4.69) is 27.9 Å². The smallest absolute Gasteiger partial charge is 0.252 e. The molecule has 0 spiro atoms. The van der Waals surface area contributed by atoms with Crippen LogP contribution in [0.15, 0.2) is 30.5 Å². The molecule has 1 aromatic carbocycles. The van der Waals surface area contributed by atoms with Crippen LogP contribution in [0.4, 0.5) is 5.95 Å². The van der Waals surface area contributed by atoms with Crippen molar-refractivity contribution in [1.29, 1.82) is 0 Å². The van der Waals surface area contributed by atoms with Gasteiger partial charge in [-0.2, -0.15) is 0 Å². The molecule has 1 saturated heterocycles. The second kappa shape index (κ2) is 12.1. The monoisotopic (exact) mass is 555 g/mol. The normalized spacial score (nSPS) is 16.7. The van der Waals surface area contributed by atoms with E-state index in [1.165, 1.54) is 19.3 Å². The van der Waals surface area contributed by atoms with E-state index in [9.17, 15) is 4.79 Å². The summed E-state index contributed by atoms with van der Waals surface area (Å²) in [5.74, 6) is 0.583. The maximum Gasteiger partial charge on any atom is 0.252 e. The number of hydrogen-bond donors (Lipinski definition) is 3. The molecule has 3 N–H and O–H groups in total. The van der Waals surface area contributed by atoms with Crippen LogP contribution >= 0.6 is 47.8 Å². The van der Waals surface area contributed by atoms with Crippen LogP contribution in [0.25, 0.3) is 20.7 Å². The minimum absolute atomic E-state index is 0. The van der Waals surface area contributed by atoms with E-state index in [0.29, 0.717) is 33.7 Å². The molecule has 1 aliphatic carbocycles. The lowest BCUT2D eigenvalue weighted by Crippen LogP contribution is -2.34. The van der Waals surface area contributed by atoms with E-state index in [0.717, 1.165) is 53.9 Å². The van der Waals surface area contributed by atoms with Crippen LogP contribution < -0.4 is 16.0 Å². The number of carbonyl (C=O) groups excluding carboxylic acids is 1. The molecule has 0 radical (unpaired) electrons. The van der Waals surface area contributed by atoms with Gasteiger partial charge in [0.15, 0.2) is 0 Å². The minimum Gasteiger partial charge on any atom is -0.354 e. The molecular weight excluding hydrogens is 525 g/mol. The SMILES string of the molecule is CC1(CCCNc2ncc(Cl)c(-c3cc4c(C(=O)NC5CC5)cccc4s3)n2)CCNCC1.Cl.Cl. The predicted molar refractivity (Wildman–Crippen MR) is 151 cm³/mol. The third-order valence-corrected chi connectivity index (χ3v) is 8.13. The molecule has 1 saturated carbocycles. The van der Waals surface area contributed by atoms with Gasteiger partial charge in [0.05, 0.1) is 16.1 Å². The molecule has 0 atom stereocenters. The molecule has 0 bridgehead atoms. The number of piperidine rings is 1. The number of nitrogens with zero attached hydrogens (tertiary/aromatic N) is 2. The van der Waals surface area contributed by atoms with Gasteiger partial charge in [-0.25, -0.2) is 9.97 Å². The average molecular weight is 557 g/mol. The number of halogens is 3. The van der Waals surface area contributed by atoms with Crippen LogP contribution in [0, 0.1) is 5.41 Å². The summed E-state index contributed by atoms with van der Waals surface area (Å²) < 4.78 is 1.05. The first kappa shape index (κ1) is 27.9. The zero-order valence-corrected chi connectivity index (χ0v) is 22.9. The fourth-order valence-corrected chi connectivity index (χ4v) is 5.83. The van der Waals surface area contributed by atoms with E-state index in [4.69, 9.17) is 16.6 Å². The Kier molecular flexibility index (Phi) is 9.63. The van der Waals surface area contributed by atoms with Crippen LogP contribution in [-0.4, -0.2) is 41.6 Å². The molecule has 2 aliphatic rings. The predicted octanol–water partition coefficient (Wildman–Crippen LogP) is 6.33. The van der Waals surface area contributed by atoms with Gasteiger partial charge in [-0.1, -0.05) is 24.6 Å². The van der Waals surface area contributed by atoms with Gasteiger partial charge in [0, 0.05) is 28.2 Å². The first-order chi connectivity index (χ1) is 16.0. The highest BCUT2D eigenvalue weighted by molar-refractivity contribution is 7.22. The Balaban J connectivity index is 0.00000171. The number of nitrogens with one attached hydrogen (secondary N) is 3. The van der Waals surface area contributed by atoms with Crippen LogP contribution in [-0.2, 0) is 0 Å². The summed E-state index contributed by atoms with van der Waals surface area (Å²) in [5, 5.41) is 11.4. The van der Waals surface area contributed by atoms with Crippen molar-refractivity contribution < 1.29 is 4.79 Å². The number of anilines is 1. The third kappa shape index (κ3) is 6.77. The summed E-state index contributed by atoms with van der Waals surface area (Å²) in [5.41, 5.74) is 1.84. The number of rotatable bonds is 8. The minimum atomic E-state index is -0.00830. The number of amides is 1. The average Bonchev–Trinajstić information content (AvgIpc) is 3.52. The Morgan fingerprint density at radius 3 is 2.77 bits per heavy atom. The zero-order valence-electron chi connectivity index (χ0n) is 19.7. The molecule has 5 rings (SSSR count). The van der Waals surface area contributed by atoms with E-state index in [-0.39, 0.29) is 30.7 Å². The number of carbonyl (C=O) groups is 1. The number of fused-ring (bicyclic) bond motifs is 1. The van der Waals surface area contributed by atoms with Crippen LogP contribution in [0.3, 0.4) is 0 Å². The highest BCUT2D eigenvalue weighted by Crippen LogP contribution is 2.38. The van der Waals surface area contributed by atoms with E-state index < -0.39 is 0 Å². The van der Waals surface area contributed by atoms with E-state index in [1.807, 2.05) is 24.3 Å². The van der Waals surface area contributed by atoms with E-state index in [1.54, 1.807) is 17.5 Å². The third-order valence-electron chi connectivity index (χ3n) is 6.75. The van der Waals surface area contributed by atoms with Gasteiger partial charge >= 0.3 is 0 Å². The van der Waals surface area contributed by atoms with Gasteiger partial charge in [0.1, 0.15) is 5.69 Å². The zero-order chi connectivity index (χ0) is 22.8. The largest absolute Gasteiger partial charge is 0.354 e. The lowest BCUT2D eigenvalue weighted by Gasteiger charge is -2.34. The Morgan fingerprint density at radius 1 is 1.26 bits per heavy atom. The van der Waals surface area contributed by atoms with Crippen molar-refractivity contribution in [1.82, 2.24) is 20.6 Å².